The van der Waals surface area contributed by atoms with Crippen LogP contribution in [0.15, 0.2) is 0 Å². The monoisotopic (exact) mass is 269 g/mol. The van der Waals surface area contributed by atoms with Crippen LogP contribution in [0.5, 0.6) is 0 Å². The fraction of sp³-hybridized carbons (Fsp3) is 0.750. The topological polar surface area (TPSA) is 90.0 Å². The standard InChI is InChI=1S/C12H19N3O4/c1-8(12(18)19)14-4-6-15(7-5-14)11(17)9-2-3-10(16)13-9/h8-9H,2-7H2,1H3,(H,13,16)(H,18,19). The van der Waals surface area contributed by atoms with E-state index in [0.29, 0.717) is 39.0 Å². The van der Waals surface area contributed by atoms with E-state index in [1.807, 2.05) is 4.90 Å². The van der Waals surface area contributed by atoms with Crippen molar-refractivity contribution in [2.75, 3.05) is 26.2 Å². The lowest BCUT2D eigenvalue weighted by molar-refractivity contribution is -0.144. The van der Waals surface area contributed by atoms with Gasteiger partial charge in [-0.1, -0.05) is 0 Å². The molecule has 2 aliphatic rings. The number of piperazine rings is 1. The highest BCUT2D eigenvalue weighted by Crippen LogP contribution is 2.13. The SMILES string of the molecule is CC(C(=O)O)N1CCN(C(=O)C2CCC(=O)N2)CC1. The van der Waals surface area contributed by atoms with Crippen LogP contribution in [0.25, 0.3) is 0 Å². The van der Waals surface area contributed by atoms with Crippen LogP contribution >= 0.6 is 0 Å². The molecule has 2 heterocycles. The van der Waals surface area contributed by atoms with E-state index in [2.05, 4.69) is 5.32 Å². The van der Waals surface area contributed by atoms with E-state index in [9.17, 15) is 14.4 Å². The van der Waals surface area contributed by atoms with Crippen molar-refractivity contribution in [1.29, 1.82) is 0 Å². The number of hydrogen-bond donors (Lipinski definition) is 2. The highest BCUT2D eigenvalue weighted by Gasteiger charge is 2.33. The fourth-order valence-corrected chi connectivity index (χ4v) is 2.51. The second kappa shape index (κ2) is 5.56. The van der Waals surface area contributed by atoms with Gasteiger partial charge in [-0.25, -0.2) is 0 Å². The zero-order valence-electron chi connectivity index (χ0n) is 11.0. The number of carbonyl (C=O) groups is 3. The molecule has 2 rings (SSSR count). The van der Waals surface area contributed by atoms with Crippen LogP contribution in [-0.2, 0) is 14.4 Å². The molecule has 19 heavy (non-hydrogen) atoms. The molecule has 2 N–H and O–H groups in total. The van der Waals surface area contributed by atoms with E-state index >= 15 is 0 Å². The minimum absolute atomic E-state index is 0.0477. The van der Waals surface area contributed by atoms with Crippen molar-refractivity contribution in [2.24, 2.45) is 0 Å². The Morgan fingerprint density at radius 3 is 2.42 bits per heavy atom. The maximum atomic E-state index is 12.1. The molecule has 2 fully saturated rings. The van der Waals surface area contributed by atoms with Gasteiger partial charge in [0.15, 0.2) is 0 Å². The van der Waals surface area contributed by atoms with Gasteiger partial charge in [-0.15, -0.1) is 0 Å². The Morgan fingerprint density at radius 1 is 1.32 bits per heavy atom. The van der Waals surface area contributed by atoms with Crippen molar-refractivity contribution >= 4 is 17.8 Å². The van der Waals surface area contributed by atoms with Crippen LogP contribution in [0.4, 0.5) is 0 Å². The number of carbonyl (C=O) groups excluding carboxylic acids is 2. The summed E-state index contributed by atoms with van der Waals surface area (Å²) in [6, 6.07) is -0.917. The first-order valence-corrected chi connectivity index (χ1v) is 6.54. The molecule has 0 aromatic carbocycles. The van der Waals surface area contributed by atoms with Crippen molar-refractivity contribution in [3.8, 4) is 0 Å². The summed E-state index contributed by atoms with van der Waals surface area (Å²) < 4.78 is 0. The predicted molar refractivity (Wildman–Crippen MR) is 66.4 cm³/mol. The van der Waals surface area contributed by atoms with Crippen LogP contribution in [-0.4, -0.2) is 71.0 Å². The van der Waals surface area contributed by atoms with Crippen LogP contribution in [0, 0.1) is 0 Å². The molecule has 7 heteroatoms. The molecule has 2 atom stereocenters. The van der Waals surface area contributed by atoms with Gasteiger partial charge in [-0.2, -0.15) is 0 Å². The molecule has 0 aromatic rings. The lowest BCUT2D eigenvalue weighted by atomic mass is 10.1. The van der Waals surface area contributed by atoms with E-state index in [1.54, 1.807) is 11.8 Å². The summed E-state index contributed by atoms with van der Waals surface area (Å²) in [6.07, 6.45) is 0.968. The molecule has 0 saturated carbocycles. The lowest BCUT2D eigenvalue weighted by Gasteiger charge is -2.37. The van der Waals surface area contributed by atoms with Crippen molar-refractivity contribution in [2.45, 2.75) is 31.8 Å². The van der Waals surface area contributed by atoms with Crippen LogP contribution < -0.4 is 5.32 Å². The maximum Gasteiger partial charge on any atom is 0.320 e. The molecule has 2 saturated heterocycles. The number of rotatable bonds is 3. The summed E-state index contributed by atoms with van der Waals surface area (Å²) in [7, 11) is 0. The van der Waals surface area contributed by atoms with Crippen LogP contribution in [0.2, 0.25) is 0 Å². The van der Waals surface area contributed by atoms with E-state index in [-0.39, 0.29) is 11.8 Å². The molecular formula is C12H19N3O4. The molecule has 0 radical (unpaired) electrons. The quantitative estimate of drug-likeness (QED) is 0.677. The lowest BCUT2D eigenvalue weighted by Crippen LogP contribution is -2.56. The molecule has 0 aromatic heterocycles. The number of nitrogens with one attached hydrogen (secondary N) is 1. The first kappa shape index (κ1) is 13.8. The molecule has 0 bridgehead atoms. The van der Waals surface area contributed by atoms with Crippen molar-refractivity contribution in [3.05, 3.63) is 0 Å². The summed E-state index contributed by atoms with van der Waals surface area (Å²) in [5, 5.41) is 11.6. The van der Waals surface area contributed by atoms with E-state index in [1.165, 1.54) is 0 Å². The number of aliphatic carboxylic acids is 1. The summed E-state index contributed by atoms with van der Waals surface area (Å²) in [5.74, 6) is -0.965. The number of carboxylic acids is 1. The van der Waals surface area contributed by atoms with Gasteiger partial charge in [0, 0.05) is 32.6 Å². The molecule has 7 nitrogen and oxygen atoms in total. The molecule has 0 aliphatic carbocycles. The number of amides is 2. The Balaban J connectivity index is 1.84. The Hall–Kier alpha value is -1.63. The zero-order chi connectivity index (χ0) is 14.0. The number of hydrogen-bond acceptors (Lipinski definition) is 4. The third-order valence-corrected chi connectivity index (χ3v) is 3.82. The average molecular weight is 269 g/mol. The molecule has 2 amide bonds. The van der Waals surface area contributed by atoms with Gasteiger partial charge < -0.3 is 15.3 Å². The first-order valence-electron chi connectivity index (χ1n) is 6.54. The maximum absolute atomic E-state index is 12.1. The third kappa shape index (κ3) is 3.04. The third-order valence-electron chi connectivity index (χ3n) is 3.82. The second-order valence-electron chi connectivity index (χ2n) is 5.03. The van der Waals surface area contributed by atoms with Gasteiger partial charge in [0.25, 0.3) is 0 Å². The molecule has 2 aliphatic heterocycles. The number of nitrogens with zero attached hydrogens (tertiary/aromatic N) is 2. The summed E-state index contributed by atoms with van der Waals surface area (Å²) in [6.45, 7) is 3.79. The van der Waals surface area contributed by atoms with E-state index in [0.717, 1.165) is 0 Å². The Kier molecular flexibility index (Phi) is 4.04. The average Bonchev–Trinajstić information content (AvgIpc) is 2.84. The van der Waals surface area contributed by atoms with Crippen molar-refractivity contribution < 1.29 is 19.5 Å². The number of carboxylic acid groups (broad SMARTS) is 1. The van der Waals surface area contributed by atoms with Crippen molar-refractivity contribution in [1.82, 2.24) is 15.1 Å². The van der Waals surface area contributed by atoms with Gasteiger partial charge in [-0.3, -0.25) is 19.3 Å². The van der Waals surface area contributed by atoms with Gasteiger partial charge in [0.1, 0.15) is 12.1 Å². The van der Waals surface area contributed by atoms with Crippen LogP contribution in [0.1, 0.15) is 19.8 Å². The molecule has 2 unspecified atom stereocenters. The summed E-state index contributed by atoms with van der Waals surface area (Å²) in [5.41, 5.74) is 0. The van der Waals surface area contributed by atoms with E-state index in [4.69, 9.17) is 5.11 Å². The van der Waals surface area contributed by atoms with Gasteiger partial charge in [0.2, 0.25) is 11.8 Å². The van der Waals surface area contributed by atoms with Crippen molar-refractivity contribution in [3.63, 3.8) is 0 Å². The zero-order valence-corrected chi connectivity index (χ0v) is 11.0. The second-order valence-corrected chi connectivity index (χ2v) is 5.03. The largest absolute Gasteiger partial charge is 0.480 e. The molecular weight excluding hydrogens is 250 g/mol. The Labute approximate surface area is 111 Å². The van der Waals surface area contributed by atoms with Gasteiger partial charge in [-0.05, 0) is 13.3 Å². The predicted octanol–water partition coefficient (Wildman–Crippen LogP) is -1.12. The first-order chi connectivity index (χ1) is 8.99. The smallest absolute Gasteiger partial charge is 0.320 e. The highest BCUT2D eigenvalue weighted by molar-refractivity contribution is 5.90. The van der Waals surface area contributed by atoms with Crippen LogP contribution in [0.3, 0.4) is 0 Å². The normalized spacial score (nSPS) is 26.1. The molecule has 0 spiro atoms. The molecule has 106 valence electrons. The summed E-state index contributed by atoms with van der Waals surface area (Å²) in [4.78, 5) is 37.7. The summed E-state index contributed by atoms with van der Waals surface area (Å²) >= 11 is 0. The van der Waals surface area contributed by atoms with E-state index < -0.39 is 18.1 Å². The highest BCUT2D eigenvalue weighted by atomic mass is 16.4. The van der Waals surface area contributed by atoms with Gasteiger partial charge >= 0.3 is 5.97 Å². The Bertz CT molecular complexity index is 390. The Morgan fingerprint density at radius 2 is 1.95 bits per heavy atom. The van der Waals surface area contributed by atoms with Gasteiger partial charge in [0.05, 0.1) is 0 Å². The minimum atomic E-state index is -0.845. The minimum Gasteiger partial charge on any atom is -0.480 e. The fourth-order valence-electron chi connectivity index (χ4n) is 2.51.